The SMILES string of the molecule is COc1cccc(CN(C)c2ccc([C@H](C)O)c(Br)c2)c1. The molecule has 4 heteroatoms. The lowest BCUT2D eigenvalue weighted by atomic mass is 10.1. The van der Waals surface area contributed by atoms with Gasteiger partial charge in [0.1, 0.15) is 5.75 Å². The number of aliphatic hydroxyl groups is 1. The number of hydrogen-bond acceptors (Lipinski definition) is 3. The second kappa shape index (κ2) is 6.96. The van der Waals surface area contributed by atoms with Gasteiger partial charge in [0, 0.05) is 23.8 Å². The van der Waals surface area contributed by atoms with Crippen LogP contribution in [0.5, 0.6) is 5.75 Å². The van der Waals surface area contributed by atoms with Gasteiger partial charge in [-0.3, -0.25) is 0 Å². The minimum absolute atomic E-state index is 0.475. The number of benzene rings is 2. The number of ether oxygens (including phenoxy) is 1. The Balaban J connectivity index is 2.16. The Labute approximate surface area is 134 Å². The van der Waals surface area contributed by atoms with Crippen LogP contribution in [0.4, 0.5) is 5.69 Å². The molecule has 0 radical (unpaired) electrons. The van der Waals surface area contributed by atoms with Crippen molar-refractivity contribution in [3.8, 4) is 5.75 Å². The molecule has 0 aliphatic rings. The molecule has 1 atom stereocenters. The van der Waals surface area contributed by atoms with Crippen molar-refractivity contribution in [1.82, 2.24) is 0 Å². The van der Waals surface area contributed by atoms with E-state index in [1.807, 2.05) is 43.4 Å². The van der Waals surface area contributed by atoms with E-state index < -0.39 is 6.10 Å². The summed E-state index contributed by atoms with van der Waals surface area (Å²) in [5, 5.41) is 9.67. The summed E-state index contributed by atoms with van der Waals surface area (Å²) in [6.07, 6.45) is -0.475. The topological polar surface area (TPSA) is 32.7 Å². The molecular weight excluding hydrogens is 330 g/mol. The predicted molar refractivity (Wildman–Crippen MR) is 89.9 cm³/mol. The minimum Gasteiger partial charge on any atom is -0.497 e. The molecule has 2 aromatic carbocycles. The highest BCUT2D eigenvalue weighted by molar-refractivity contribution is 9.10. The van der Waals surface area contributed by atoms with Crippen LogP contribution >= 0.6 is 15.9 Å². The molecule has 0 fully saturated rings. The third-order valence-corrected chi connectivity index (χ3v) is 4.12. The van der Waals surface area contributed by atoms with Crippen LogP contribution in [0.1, 0.15) is 24.2 Å². The molecule has 112 valence electrons. The number of anilines is 1. The first-order valence-electron chi connectivity index (χ1n) is 6.83. The lowest BCUT2D eigenvalue weighted by molar-refractivity contribution is 0.198. The number of rotatable bonds is 5. The summed E-state index contributed by atoms with van der Waals surface area (Å²) in [4.78, 5) is 2.16. The molecule has 0 spiro atoms. The van der Waals surface area contributed by atoms with Gasteiger partial charge in [-0.25, -0.2) is 0 Å². The first-order chi connectivity index (χ1) is 10.0. The maximum Gasteiger partial charge on any atom is 0.119 e. The Morgan fingerprint density at radius 3 is 2.62 bits per heavy atom. The van der Waals surface area contributed by atoms with Gasteiger partial charge in [0.15, 0.2) is 0 Å². The first-order valence-corrected chi connectivity index (χ1v) is 7.62. The number of halogens is 1. The standard InChI is InChI=1S/C17H20BrNO2/c1-12(20)16-8-7-14(10-17(16)18)19(2)11-13-5-4-6-15(9-13)21-3/h4-10,12,20H,11H2,1-3H3/t12-/m0/s1. The quantitative estimate of drug-likeness (QED) is 0.880. The van der Waals surface area contributed by atoms with E-state index in [0.717, 1.165) is 28.0 Å². The van der Waals surface area contributed by atoms with Crippen molar-refractivity contribution in [2.24, 2.45) is 0 Å². The van der Waals surface area contributed by atoms with E-state index in [0.29, 0.717) is 0 Å². The Morgan fingerprint density at radius 1 is 1.24 bits per heavy atom. The van der Waals surface area contributed by atoms with Gasteiger partial charge < -0.3 is 14.7 Å². The van der Waals surface area contributed by atoms with E-state index in [2.05, 4.69) is 26.9 Å². The van der Waals surface area contributed by atoms with E-state index in [4.69, 9.17) is 4.74 Å². The molecule has 0 saturated heterocycles. The van der Waals surface area contributed by atoms with Gasteiger partial charge >= 0.3 is 0 Å². The number of nitrogens with zero attached hydrogens (tertiary/aromatic N) is 1. The van der Waals surface area contributed by atoms with E-state index in [-0.39, 0.29) is 0 Å². The van der Waals surface area contributed by atoms with Crippen LogP contribution in [-0.2, 0) is 6.54 Å². The second-order valence-electron chi connectivity index (χ2n) is 5.09. The van der Waals surface area contributed by atoms with Gasteiger partial charge in [0.25, 0.3) is 0 Å². The van der Waals surface area contributed by atoms with Crippen molar-refractivity contribution in [3.05, 3.63) is 58.1 Å². The molecular formula is C17H20BrNO2. The molecule has 2 aromatic rings. The second-order valence-corrected chi connectivity index (χ2v) is 5.94. The largest absolute Gasteiger partial charge is 0.497 e. The van der Waals surface area contributed by atoms with Crippen LogP contribution in [0.2, 0.25) is 0 Å². The fourth-order valence-electron chi connectivity index (χ4n) is 2.23. The zero-order valence-corrected chi connectivity index (χ0v) is 14.1. The third-order valence-electron chi connectivity index (χ3n) is 3.43. The van der Waals surface area contributed by atoms with Crippen molar-refractivity contribution < 1.29 is 9.84 Å². The monoisotopic (exact) mass is 349 g/mol. The van der Waals surface area contributed by atoms with Gasteiger partial charge in [-0.1, -0.05) is 34.1 Å². The van der Waals surface area contributed by atoms with Crippen LogP contribution < -0.4 is 9.64 Å². The molecule has 0 bridgehead atoms. The van der Waals surface area contributed by atoms with E-state index >= 15 is 0 Å². The molecule has 0 aliphatic carbocycles. The Kier molecular flexibility index (Phi) is 5.26. The molecule has 0 amide bonds. The van der Waals surface area contributed by atoms with Crippen molar-refractivity contribution in [1.29, 1.82) is 0 Å². The average molecular weight is 350 g/mol. The molecule has 3 nitrogen and oxygen atoms in total. The highest BCUT2D eigenvalue weighted by Gasteiger charge is 2.09. The van der Waals surface area contributed by atoms with E-state index in [1.54, 1.807) is 14.0 Å². The molecule has 0 unspecified atom stereocenters. The molecule has 0 aromatic heterocycles. The molecule has 1 N–H and O–H groups in total. The van der Waals surface area contributed by atoms with Crippen molar-refractivity contribution in [2.45, 2.75) is 19.6 Å². The molecule has 0 heterocycles. The highest BCUT2D eigenvalue weighted by atomic mass is 79.9. The van der Waals surface area contributed by atoms with Crippen molar-refractivity contribution in [2.75, 3.05) is 19.1 Å². The Morgan fingerprint density at radius 2 is 2.00 bits per heavy atom. The van der Waals surface area contributed by atoms with Crippen LogP contribution in [0.25, 0.3) is 0 Å². The fourth-order valence-corrected chi connectivity index (χ4v) is 2.93. The maximum atomic E-state index is 9.67. The number of aliphatic hydroxyl groups excluding tert-OH is 1. The van der Waals surface area contributed by atoms with Gasteiger partial charge in [-0.05, 0) is 42.3 Å². The van der Waals surface area contributed by atoms with Gasteiger partial charge in [-0.15, -0.1) is 0 Å². The fraction of sp³-hybridized carbons (Fsp3) is 0.294. The van der Waals surface area contributed by atoms with Gasteiger partial charge in [0.05, 0.1) is 13.2 Å². The van der Waals surface area contributed by atoms with Crippen molar-refractivity contribution >= 4 is 21.6 Å². The Bertz CT molecular complexity index is 613. The highest BCUT2D eigenvalue weighted by Crippen LogP contribution is 2.28. The zero-order chi connectivity index (χ0) is 15.4. The summed E-state index contributed by atoms with van der Waals surface area (Å²) in [7, 11) is 3.72. The van der Waals surface area contributed by atoms with Crippen LogP contribution in [0.15, 0.2) is 46.9 Å². The summed E-state index contributed by atoms with van der Waals surface area (Å²) >= 11 is 3.52. The summed E-state index contributed by atoms with van der Waals surface area (Å²) in [6.45, 7) is 2.55. The zero-order valence-electron chi connectivity index (χ0n) is 12.5. The molecule has 21 heavy (non-hydrogen) atoms. The van der Waals surface area contributed by atoms with Crippen LogP contribution in [0.3, 0.4) is 0 Å². The molecule has 2 rings (SSSR count). The van der Waals surface area contributed by atoms with E-state index in [1.165, 1.54) is 5.56 Å². The van der Waals surface area contributed by atoms with Gasteiger partial charge in [0.2, 0.25) is 0 Å². The molecule has 0 aliphatic heterocycles. The van der Waals surface area contributed by atoms with E-state index in [9.17, 15) is 5.11 Å². The van der Waals surface area contributed by atoms with Crippen LogP contribution in [0, 0.1) is 0 Å². The van der Waals surface area contributed by atoms with Crippen molar-refractivity contribution in [3.63, 3.8) is 0 Å². The van der Waals surface area contributed by atoms with Crippen LogP contribution in [-0.4, -0.2) is 19.3 Å². The minimum atomic E-state index is -0.475. The molecule has 0 saturated carbocycles. The lowest BCUT2D eigenvalue weighted by Gasteiger charge is -2.21. The summed E-state index contributed by atoms with van der Waals surface area (Å²) in [5.74, 6) is 0.867. The normalized spacial score (nSPS) is 12.0. The van der Waals surface area contributed by atoms with Gasteiger partial charge in [-0.2, -0.15) is 0 Å². The summed E-state index contributed by atoms with van der Waals surface area (Å²) in [6, 6.07) is 14.1. The summed E-state index contributed by atoms with van der Waals surface area (Å²) in [5.41, 5.74) is 3.18. The average Bonchev–Trinajstić information content (AvgIpc) is 2.46. The number of methoxy groups -OCH3 is 1. The number of hydrogen-bond donors (Lipinski definition) is 1. The summed E-state index contributed by atoms with van der Waals surface area (Å²) < 4.78 is 6.17. The third kappa shape index (κ3) is 3.99. The first kappa shape index (κ1) is 15.9. The lowest BCUT2D eigenvalue weighted by Crippen LogP contribution is -2.16. The Hall–Kier alpha value is -1.52. The predicted octanol–water partition coefficient (Wildman–Crippen LogP) is 4.15. The smallest absolute Gasteiger partial charge is 0.119 e. The maximum absolute atomic E-state index is 9.67.